The second kappa shape index (κ2) is 12.7. The smallest absolute Gasteiger partial charge is 0.234 e. The molecule has 3 N–H and O–H groups in total. The van der Waals surface area contributed by atoms with Crippen molar-refractivity contribution < 1.29 is 24.9 Å². The Morgan fingerprint density at radius 3 is 2.66 bits per heavy atom. The number of benzene rings is 1. The summed E-state index contributed by atoms with van der Waals surface area (Å²) in [7, 11) is 0. The number of hydrogen-bond donors (Lipinski definition) is 3. The zero-order chi connectivity index (χ0) is 27.4. The van der Waals surface area contributed by atoms with E-state index in [1.54, 1.807) is 12.1 Å². The second-order valence-electron chi connectivity index (χ2n) is 10.2. The van der Waals surface area contributed by atoms with E-state index in [1.165, 1.54) is 16.2 Å². The molecule has 1 fully saturated rings. The normalized spacial score (nSPS) is 22.8. The number of fused-ring (bicyclic) bond motifs is 1. The molecule has 1 aromatic carbocycles. The van der Waals surface area contributed by atoms with Crippen molar-refractivity contribution >= 4 is 45.2 Å². The van der Waals surface area contributed by atoms with Crippen molar-refractivity contribution in [2.45, 2.75) is 65.0 Å². The van der Waals surface area contributed by atoms with Crippen molar-refractivity contribution in [2.24, 2.45) is 17.8 Å². The van der Waals surface area contributed by atoms with Gasteiger partial charge in [0.1, 0.15) is 5.75 Å². The van der Waals surface area contributed by atoms with Gasteiger partial charge in [0.15, 0.2) is 0 Å². The predicted octanol–water partition coefficient (Wildman–Crippen LogP) is 6.06. The van der Waals surface area contributed by atoms with Crippen LogP contribution in [-0.4, -0.2) is 44.7 Å². The molecule has 0 radical (unpaired) electrons. The first-order chi connectivity index (χ1) is 18.3. The highest BCUT2D eigenvalue weighted by Gasteiger charge is 2.54. The van der Waals surface area contributed by atoms with E-state index >= 15 is 0 Å². The van der Waals surface area contributed by atoms with Gasteiger partial charge in [0.05, 0.1) is 31.1 Å². The molecule has 38 heavy (non-hydrogen) atoms. The molecule has 1 saturated heterocycles. The van der Waals surface area contributed by atoms with Crippen molar-refractivity contribution in [3.05, 3.63) is 67.3 Å². The Balaban J connectivity index is 1.56. The van der Waals surface area contributed by atoms with Gasteiger partial charge in [0.2, 0.25) is 11.8 Å². The van der Waals surface area contributed by atoms with Crippen LogP contribution in [0.4, 0.5) is 0 Å². The van der Waals surface area contributed by atoms with Gasteiger partial charge >= 0.3 is 0 Å². The highest BCUT2D eigenvalue weighted by atomic mass is 79.9. The van der Waals surface area contributed by atoms with Crippen molar-refractivity contribution in [1.29, 1.82) is 0 Å². The summed E-state index contributed by atoms with van der Waals surface area (Å²) in [6, 6.07) is 9.12. The molecule has 0 saturated carbocycles. The third-order valence-corrected chi connectivity index (χ3v) is 9.17. The molecule has 2 aliphatic rings. The van der Waals surface area contributed by atoms with Gasteiger partial charge in [0.25, 0.3) is 0 Å². The molecule has 2 amide bonds. The Morgan fingerprint density at radius 1 is 1.21 bits per heavy atom. The Labute approximate surface area is 236 Å². The Morgan fingerprint density at radius 2 is 2.00 bits per heavy atom. The van der Waals surface area contributed by atoms with Crippen LogP contribution in [0.5, 0.6) is 5.75 Å². The largest absolute Gasteiger partial charge is 0.507 e. The lowest BCUT2D eigenvalue weighted by atomic mass is 9.67. The standard InChI is InChI=1S/C30H36BrNO5S/c1-3-6-18(13-20-14-21(31)9-11-25(20)34)8-10-26(35)27-19(4-2)15-23-28(24(27)17-33)30(37)32(29(23)36)16-22-7-5-12-38-22/h5,7,9,11-14,23-24,26,28,33-35H,3-4,6,8,10,15-17H2,1-2H3/b18-13+/t23-,24+,26-,28-/m1/s1. The average Bonchev–Trinajstić information content (AvgIpc) is 3.51. The number of rotatable bonds is 11. The highest BCUT2D eigenvalue weighted by Crippen LogP contribution is 2.47. The molecular formula is C30H36BrNO5S. The fourth-order valence-electron chi connectivity index (χ4n) is 6.01. The number of likely N-dealkylation sites (tertiary alicyclic amines) is 1. The van der Waals surface area contributed by atoms with E-state index in [4.69, 9.17) is 0 Å². The number of thiophene rings is 1. The lowest BCUT2D eigenvalue weighted by Crippen LogP contribution is -2.39. The van der Waals surface area contributed by atoms with E-state index in [1.807, 2.05) is 36.6 Å². The van der Waals surface area contributed by atoms with Crippen molar-refractivity contribution in [2.75, 3.05) is 6.61 Å². The lowest BCUT2D eigenvalue weighted by Gasteiger charge is -2.36. The molecule has 6 nitrogen and oxygen atoms in total. The minimum absolute atomic E-state index is 0.173. The summed E-state index contributed by atoms with van der Waals surface area (Å²) in [5.41, 5.74) is 3.54. The molecule has 1 aromatic heterocycles. The highest BCUT2D eigenvalue weighted by molar-refractivity contribution is 9.10. The summed E-state index contributed by atoms with van der Waals surface area (Å²) in [4.78, 5) is 29.1. The third-order valence-electron chi connectivity index (χ3n) is 7.81. The average molecular weight is 603 g/mol. The number of aliphatic hydroxyl groups is 2. The number of phenols is 1. The molecule has 0 bridgehead atoms. The van der Waals surface area contributed by atoms with Gasteiger partial charge in [-0.3, -0.25) is 14.5 Å². The van der Waals surface area contributed by atoms with E-state index in [9.17, 15) is 24.9 Å². The first-order valence-corrected chi connectivity index (χ1v) is 15.0. The predicted molar refractivity (Wildman–Crippen MR) is 153 cm³/mol. The molecule has 0 spiro atoms. The van der Waals surface area contributed by atoms with E-state index in [2.05, 4.69) is 22.9 Å². The molecule has 8 heteroatoms. The fourth-order valence-corrected chi connectivity index (χ4v) is 7.08. The fraction of sp³-hybridized carbons (Fsp3) is 0.467. The van der Waals surface area contributed by atoms with Crippen LogP contribution in [0.2, 0.25) is 0 Å². The number of allylic oxidation sites excluding steroid dienone is 2. The van der Waals surface area contributed by atoms with Crippen LogP contribution < -0.4 is 0 Å². The van der Waals surface area contributed by atoms with Crippen molar-refractivity contribution in [1.82, 2.24) is 4.90 Å². The van der Waals surface area contributed by atoms with Crippen LogP contribution in [0.15, 0.2) is 56.9 Å². The number of carbonyl (C=O) groups is 2. The monoisotopic (exact) mass is 601 g/mol. The van der Waals surface area contributed by atoms with E-state index in [0.717, 1.165) is 44.5 Å². The molecule has 4 rings (SSSR count). The van der Waals surface area contributed by atoms with Crippen molar-refractivity contribution in [3.63, 3.8) is 0 Å². The quantitative estimate of drug-likeness (QED) is 0.215. The van der Waals surface area contributed by atoms with Crippen molar-refractivity contribution in [3.8, 4) is 5.75 Å². The minimum Gasteiger partial charge on any atom is -0.507 e. The Hall–Kier alpha value is -2.26. The van der Waals surface area contributed by atoms with Gasteiger partial charge in [-0.05, 0) is 67.3 Å². The number of aromatic hydroxyl groups is 1. The molecule has 4 atom stereocenters. The number of aliphatic hydroxyl groups excluding tert-OH is 2. The zero-order valence-electron chi connectivity index (χ0n) is 21.9. The van der Waals surface area contributed by atoms with Gasteiger partial charge in [-0.1, -0.05) is 59.5 Å². The zero-order valence-corrected chi connectivity index (χ0v) is 24.3. The van der Waals surface area contributed by atoms with E-state index < -0.39 is 23.9 Å². The third kappa shape index (κ3) is 5.98. The Kier molecular flexibility index (Phi) is 9.63. The number of hydrogen-bond acceptors (Lipinski definition) is 6. The summed E-state index contributed by atoms with van der Waals surface area (Å²) in [5, 5.41) is 34.1. The maximum Gasteiger partial charge on any atom is 0.234 e. The first kappa shape index (κ1) is 28.7. The Bertz CT molecular complexity index is 1220. The summed E-state index contributed by atoms with van der Waals surface area (Å²) in [6.07, 6.45) is 5.07. The maximum atomic E-state index is 13.5. The summed E-state index contributed by atoms with van der Waals surface area (Å²) in [6.45, 7) is 4.07. The number of halogens is 1. The van der Waals surface area contributed by atoms with E-state index in [-0.39, 0.29) is 30.7 Å². The number of phenolic OH excluding ortho intramolecular Hbond substituents is 1. The number of imide groups is 1. The van der Waals surface area contributed by atoms with Crippen LogP contribution in [-0.2, 0) is 16.1 Å². The molecular weight excluding hydrogens is 566 g/mol. The molecule has 0 unspecified atom stereocenters. The maximum absolute atomic E-state index is 13.5. The molecule has 1 aliphatic heterocycles. The second-order valence-corrected chi connectivity index (χ2v) is 12.1. The van der Waals surface area contributed by atoms with Crippen LogP contribution in [0.3, 0.4) is 0 Å². The van der Waals surface area contributed by atoms with Crippen LogP contribution in [0.1, 0.15) is 62.8 Å². The van der Waals surface area contributed by atoms with Gasteiger partial charge in [-0.2, -0.15) is 0 Å². The molecule has 1 aliphatic carbocycles. The number of nitrogens with zero attached hydrogens (tertiary/aromatic N) is 1. The number of amides is 2. The molecule has 2 aromatic rings. The van der Waals surface area contributed by atoms with Crippen LogP contribution >= 0.6 is 27.3 Å². The minimum atomic E-state index is -0.825. The SMILES string of the molecule is CCC/C(=C\c1cc(Br)ccc1O)CC[C@@H](O)C1=C(CC)C[C@H]2C(=O)N(Cc3cccs3)C(=O)[C@H]2[C@H]1CO. The lowest BCUT2D eigenvalue weighted by molar-refractivity contribution is -0.140. The molecule has 204 valence electrons. The molecule has 2 heterocycles. The summed E-state index contributed by atoms with van der Waals surface area (Å²) < 4.78 is 0.877. The summed E-state index contributed by atoms with van der Waals surface area (Å²) in [5.74, 6) is -1.92. The van der Waals surface area contributed by atoms with Crippen LogP contribution in [0.25, 0.3) is 6.08 Å². The van der Waals surface area contributed by atoms with Gasteiger partial charge in [-0.15, -0.1) is 11.3 Å². The van der Waals surface area contributed by atoms with Crippen LogP contribution in [0, 0.1) is 17.8 Å². The van der Waals surface area contributed by atoms with Gasteiger partial charge in [-0.25, -0.2) is 0 Å². The van der Waals surface area contributed by atoms with Gasteiger partial charge in [0, 0.05) is 20.8 Å². The summed E-state index contributed by atoms with van der Waals surface area (Å²) >= 11 is 4.97. The van der Waals surface area contributed by atoms with E-state index in [0.29, 0.717) is 25.7 Å². The first-order valence-electron chi connectivity index (χ1n) is 13.3. The number of carbonyl (C=O) groups excluding carboxylic acids is 2. The van der Waals surface area contributed by atoms with Gasteiger partial charge < -0.3 is 15.3 Å². The topological polar surface area (TPSA) is 98.1 Å².